The van der Waals surface area contributed by atoms with Crippen LogP contribution in [-0.4, -0.2) is 34.5 Å². The van der Waals surface area contributed by atoms with Crippen LogP contribution >= 0.6 is 0 Å². The first kappa shape index (κ1) is 22.6. The Hall–Kier alpha value is -3.72. The summed E-state index contributed by atoms with van der Waals surface area (Å²) in [6.45, 7) is 1.32. The molecule has 1 aromatic carbocycles. The number of alkyl halides is 3. The minimum absolute atomic E-state index is 0.0440. The van der Waals surface area contributed by atoms with Crippen molar-refractivity contribution in [3.8, 4) is 11.9 Å². The van der Waals surface area contributed by atoms with Crippen molar-refractivity contribution in [3.05, 3.63) is 60.9 Å². The SMILES string of the molecule is COCCn1c(O)c(C=Nc2ccc(C(F)(F)F)cc2[N+](=O)[O-])c(C)c(C#N)c1=O. The maximum atomic E-state index is 12.8. The lowest BCUT2D eigenvalue weighted by atomic mass is 10.1. The minimum atomic E-state index is -4.78. The van der Waals surface area contributed by atoms with Gasteiger partial charge in [-0.2, -0.15) is 18.4 Å². The van der Waals surface area contributed by atoms with Crippen LogP contribution in [0.5, 0.6) is 5.88 Å². The van der Waals surface area contributed by atoms with Crippen LogP contribution in [0.25, 0.3) is 0 Å². The number of nitriles is 1. The van der Waals surface area contributed by atoms with Crippen molar-refractivity contribution < 1.29 is 27.9 Å². The second-order valence-electron chi connectivity index (χ2n) is 6.02. The molecule has 0 unspecified atom stereocenters. The number of nitro benzene ring substituents is 1. The van der Waals surface area contributed by atoms with Crippen LogP contribution in [0.2, 0.25) is 0 Å². The molecule has 30 heavy (non-hydrogen) atoms. The van der Waals surface area contributed by atoms with E-state index < -0.39 is 39.5 Å². The standard InChI is InChI=1S/C18H15F3N4O5/c1-10-12(8-22)16(26)24(5-6-30-2)17(27)13(10)9-23-14-4-3-11(18(19,20)21)7-15(14)25(28)29/h3-4,7,9,27H,5-6H2,1-2H3. The summed E-state index contributed by atoms with van der Waals surface area (Å²) in [5.41, 5.74) is -3.59. The van der Waals surface area contributed by atoms with Crippen LogP contribution in [0.4, 0.5) is 24.5 Å². The number of aromatic hydroxyl groups is 1. The van der Waals surface area contributed by atoms with Crippen molar-refractivity contribution in [2.24, 2.45) is 4.99 Å². The number of pyridine rings is 1. The lowest BCUT2D eigenvalue weighted by Crippen LogP contribution is -2.26. The average Bonchev–Trinajstić information content (AvgIpc) is 2.67. The zero-order valence-electron chi connectivity index (χ0n) is 15.7. The number of halogens is 3. The predicted octanol–water partition coefficient (Wildman–Crippen LogP) is 3.06. The van der Waals surface area contributed by atoms with Gasteiger partial charge in [0.15, 0.2) is 0 Å². The molecule has 158 valence electrons. The van der Waals surface area contributed by atoms with Gasteiger partial charge in [-0.25, -0.2) is 4.99 Å². The number of hydrogen-bond acceptors (Lipinski definition) is 7. The molecule has 0 atom stereocenters. The third-order valence-electron chi connectivity index (χ3n) is 4.20. The van der Waals surface area contributed by atoms with Gasteiger partial charge in [-0.1, -0.05) is 0 Å². The average molecular weight is 424 g/mol. The summed E-state index contributed by atoms with van der Waals surface area (Å²) in [7, 11) is 1.37. The Morgan fingerprint density at radius 1 is 1.43 bits per heavy atom. The molecule has 1 aromatic heterocycles. The van der Waals surface area contributed by atoms with Gasteiger partial charge in [0, 0.05) is 19.4 Å². The van der Waals surface area contributed by atoms with Crippen molar-refractivity contribution in [3.63, 3.8) is 0 Å². The number of methoxy groups -OCH3 is 1. The van der Waals surface area contributed by atoms with Crippen LogP contribution in [0.3, 0.4) is 0 Å². The van der Waals surface area contributed by atoms with Gasteiger partial charge in [-0.3, -0.25) is 19.5 Å². The Morgan fingerprint density at radius 3 is 2.63 bits per heavy atom. The van der Waals surface area contributed by atoms with E-state index in [1.54, 1.807) is 6.07 Å². The fraction of sp³-hybridized carbons (Fsp3) is 0.278. The minimum Gasteiger partial charge on any atom is -0.494 e. The lowest BCUT2D eigenvalue weighted by molar-refractivity contribution is -0.384. The third-order valence-corrected chi connectivity index (χ3v) is 4.20. The number of aromatic nitrogens is 1. The zero-order chi connectivity index (χ0) is 22.6. The topological polar surface area (TPSA) is 131 Å². The molecule has 0 aliphatic rings. The molecule has 0 fully saturated rings. The van der Waals surface area contributed by atoms with Gasteiger partial charge in [-0.15, -0.1) is 0 Å². The number of aliphatic imine (C=N–C) groups is 1. The predicted molar refractivity (Wildman–Crippen MR) is 99.0 cm³/mol. The molecule has 12 heteroatoms. The van der Waals surface area contributed by atoms with E-state index in [1.807, 2.05) is 0 Å². The summed E-state index contributed by atoms with van der Waals surface area (Å²) in [5.74, 6) is -0.563. The van der Waals surface area contributed by atoms with Crippen LogP contribution in [-0.2, 0) is 17.5 Å². The molecule has 0 aliphatic carbocycles. The molecule has 2 rings (SSSR count). The normalized spacial score (nSPS) is 11.6. The first-order valence-corrected chi connectivity index (χ1v) is 8.28. The first-order valence-electron chi connectivity index (χ1n) is 8.28. The Labute approximate surface area is 167 Å². The molecule has 0 aliphatic heterocycles. The highest BCUT2D eigenvalue weighted by atomic mass is 19.4. The van der Waals surface area contributed by atoms with Crippen molar-refractivity contribution >= 4 is 17.6 Å². The number of hydrogen-bond donors (Lipinski definition) is 1. The smallest absolute Gasteiger partial charge is 0.416 e. The maximum Gasteiger partial charge on any atom is 0.416 e. The van der Waals surface area contributed by atoms with Gasteiger partial charge in [0.1, 0.15) is 17.3 Å². The molecule has 0 saturated carbocycles. The van der Waals surface area contributed by atoms with E-state index in [-0.39, 0.29) is 29.8 Å². The Balaban J connectivity index is 2.64. The monoisotopic (exact) mass is 424 g/mol. The summed E-state index contributed by atoms with van der Waals surface area (Å²) in [6, 6.07) is 3.51. The van der Waals surface area contributed by atoms with E-state index >= 15 is 0 Å². The summed E-state index contributed by atoms with van der Waals surface area (Å²) in [5, 5.41) is 30.9. The maximum absolute atomic E-state index is 12.8. The number of nitrogens with zero attached hydrogens (tertiary/aromatic N) is 4. The molecular formula is C18H15F3N4O5. The highest BCUT2D eigenvalue weighted by molar-refractivity contribution is 5.88. The van der Waals surface area contributed by atoms with Gasteiger partial charge < -0.3 is 9.84 Å². The van der Waals surface area contributed by atoms with Crippen LogP contribution in [0.15, 0.2) is 28.0 Å². The Kier molecular flexibility index (Phi) is 6.58. The van der Waals surface area contributed by atoms with E-state index in [0.717, 1.165) is 16.8 Å². The fourth-order valence-electron chi connectivity index (χ4n) is 2.60. The van der Waals surface area contributed by atoms with E-state index in [9.17, 15) is 38.4 Å². The Bertz CT molecular complexity index is 1120. The first-order chi connectivity index (χ1) is 14.0. The molecule has 1 heterocycles. The molecule has 0 saturated heterocycles. The van der Waals surface area contributed by atoms with E-state index in [4.69, 9.17) is 4.74 Å². The summed E-state index contributed by atoms with van der Waals surface area (Å²) in [4.78, 5) is 26.3. The summed E-state index contributed by atoms with van der Waals surface area (Å²) >= 11 is 0. The number of rotatable bonds is 6. The number of nitro groups is 1. The molecule has 9 nitrogen and oxygen atoms in total. The lowest BCUT2D eigenvalue weighted by Gasteiger charge is -2.13. The molecule has 2 aromatic rings. The van der Waals surface area contributed by atoms with Gasteiger partial charge in [0.05, 0.1) is 29.2 Å². The van der Waals surface area contributed by atoms with E-state index in [2.05, 4.69) is 4.99 Å². The molecule has 0 bridgehead atoms. The summed E-state index contributed by atoms with van der Waals surface area (Å²) in [6.07, 6.45) is -3.83. The largest absolute Gasteiger partial charge is 0.494 e. The third kappa shape index (κ3) is 4.47. The number of ether oxygens (including phenoxy) is 1. The van der Waals surface area contributed by atoms with Crippen molar-refractivity contribution in [2.75, 3.05) is 13.7 Å². The van der Waals surface area contributed by atoms with Gasteiger partial charge in [-0.05, 0) is 24.6 Å². The quantitative estimate of drug-likeness (QED) is 0.431. The van der Waals surface area contributed by atoms with E-state index in [1.165, 1.54) is 14.0 Å². The molecule has 0 amide bonds. The Morgan fingerprint density at radius 2 is 2.10 bits per heavy atom. The highest BCUT2D eigenvalue weighted by Gasteiger charge is 2.33. The molecule has 1 N–H and O–H groups in total. The van der Waals surface area contributed by atoms with E-state index in [0.29, 0.717) is 12.1 Å². The second kappa shape index (κ2) is 8.75. The van der Waals surface area contributed by atoms with Crippen molar-refractivity contribution in [1.29, 1.82) is 5.26 Å². The fourth-order valence-corrected chi connectivity index (χ4v) is 2.60. The van der Waals surface area contributed by atoms with Crippen LogP contribution in [0.1, 0.15) is 22.3 Å². The van der Waals surface area contributed by atoms with Gasteiger partial charge >= 0.3 is 6.18 Å². The number of benzene rings is 1. The molecule has 0 radical (unpaired) electrons. The molecule has 0 spiro atoms. The zero-order valence-corrected chi connectivity index (χ0v) is 15.7. The van der Waals surface area contributed by atoms with Crippen molar-refractivity contribution in [1.82, 2.24) is 4.57 Å². The molecular weight excluding hydrogens is 409 g/mol. The van der Waals surface area contributed by atoms with Gasteiger partial charge in [0.2, 0.25) is 5.88 Å². The van der Waals surface area contributed by atoms with Crippen LogP contribution in [0, 0.1) is 28.4 Å². The highest BCUT2D eigenvalue weighted by Crippen LogP contribution is 2.36. The van der Waals surface area contributed by atoms with Crippen molar-refractivity contribution in [2.45, 2.75) is 19.6 Å². The van der Waals surface area contributed by atoms with Gasteiger partial charge in [0.25, 0.3) is 11.2 Å². The summed E-state index contributed by atoms with van der Waals surface area (Å²) < 4.78 is 44.2. The second-order valence-corrected chi connectivity index (χ2v) is 6.02. The van der Waals surface area contributed by atoms with Crippen LogP contribution < -0.4 is 5.56 Å².